The number of nitrogens with one attached hydrogen (secondary N) is 1. The molecule has 132 valence electrons. The Balaban J connectivity index is 1.84. The fourth-order valence-electron chi connectivity index (χ4n) is 2.79. The van der Waals surface area contributed by atoms with E-state index >= 15 is 0 Å². The van der Waals surface area contributed by atoms with Gasteiger partial charge >= 0.3 is 0 Å². The third-order valence-electron chi connectivity index (χ3n) is 4.17. The maximum atomic E-state index is 12.7. The standard InChI is InChI=1S/C22H20BrNO2/c1-26-20-12-10-19(11-13-20)24-21(17-8-5-9-18(23)14-17)15-22(25)16-6-3-2-4-7-16/h2-14,21,24H,15H2,1H3. The van der Waals surface area contributed by atoms with Gasteiger partial charge in [-0.2, -0.15) is 0 Å². The number of ether oxygens (including phenoxy) is 1. The van der Waals surface area contributed by atoms with Crippen molar-refractivity contribution >= 4 is 27.4 Å². The van der Waals surface area contributed by atoms with Gasteiger partial charge in [0.15, 0.2) is 5.78 Å². The number of carbonyl (C=O) groups is 1. The molecule has 0 amide bonds. The van der Waals surface area contributed by atoms with E-state index in [0.717, 1.165) is 27.0 Å². The van der Waals surface area contributed by atoms with E-state index in [1.54, 1.807) is 7.11 Å². The highest BCUT2D eigenvalue weighted by atomic mass is 79.9. The average molecular weight is 410 g/mol. The number of methoxy groups -OCH3 is 1. The lowest BCUT2D eigenvalue weighted by Crippen LogP contribution is -2.16. The second-order valence-electron chi connectivity index (χ2n) is 5.97. The van der Waals surface area contributed by atoms with Crippen LogP contribution in [-0.2, 0) is 0 Å². The number of ketones is 1. The summed E-state index contributed by atoms with van der Waals surface area (Å²) in [4.78, 5) is 12.7. The normalized spacial score (nSPS) is 11.6. The van der Waals surface area contributed by atoms with Gasteiger partial charge in [-0.1, -0.05) is 58.4 Å². The number of carbonyl (C=O) groups excluding carboxylic acids is 1. The molecule has 3 aromatic rings. The summed E-state index contributed by atoms with van der Waals surface area (Å²) in [6.07, 6.45) is 0.368. The summed E-state index contributed by atoms with van der Waals surface area (Å²) < 4.78 is 6.20. The van der Waals surface area contributed by atoms with Crippen LogP contribution in [0.1, 0.15) is 28.4 Å². The molecule has 1 N–H and O–H groups in total. The molecule has 3 rings (SSSR count). The van der Waals surface area contributed by atoms with Gasteiger partial charge in [-0.3, -0.25) is 4.79 Å². The minimum atomic E-state index is -0.131. The van der Waals surface area contributed by atoms with E-state index in [4.69, 9.17) is 4.74 Å². The smallest absolute Gasteiger partial charge is 0.165 e. The molecular formula is C22H20BrNO2. The second kappa shape index (κ2) is 8.68. The molecule has 3 aromatic carbocycles. The van der Waals surface area contributed by atoms with Crippen molar-refractivity contribution in [1.29, 1.82) is 0 Å². The lowest BCUT2D eigenvalue weighted by atomic mass is 9.97. The van der Waals surface area contributed by atoms with Crippen molar-refractivity contribution in [3.63, 3.8) is 0 Å². The maximum absolute atomic E-state index is 12.7. The van der Waals surface area contributed by atoms with Crippen molar-refractivity contribution in [2.75, 3.05) is 12.4 Å². The highest BCUT2D eigenvalue weighted by Gasteiger charge is 2.17. The molecule has 0 bridgehead atoms. The minimum absolute atomic E-state index is 0.108. The van der Waals surface area contributed by atoms with Crippen LogP contribution in [0.15, 0.2) is 83.3 Å². The van der Waals surface area contributed by atoms with Crippen LogP contribution in [0.3, 0.4) is 0 Å². The van der Waals surface area contributed by atoms with Gasteiger partial charge in [0.1, 0.15) is 5.75 Å². The van der Waals surface area contributed by atoms with Crippen molar-refractivity contribution in [1.82, 2.24) is 0 Å². The Labute approximate surface area is 162 Å². The lowest BCUT2D eigenvalue weighted by Gasteiger charge is -2.20. The first-order valence-corrected chi connectivity index (χ1v) is 9.19. The average Bonchev–Trinajstić information content (AvgIpc) is 2.68. The Morgan fingerprint density at radius 2 is 1.73 bits per heavy atom. The fourth-order valence-corrected chi connectivity index (χ4v) is 3.21. The van der Waals surface area contributed by atoms with Crippen LogP contribution in [-0.4, -0.2) is 12.9 Å². The van der Waals surface area contributed by atoms with E-state index in [9.17, 15) is 4.79 Å². The number of rotatable bonds is 7. The number of halogens is 1. The molecule has 3 nitrogen and oxygen atoms in total. The molecule has 1 unspecified atom stereocenters. The zero-order valence-corrected chi connectivity index (χ0v) is 16.1. The van der Waals surface area contributed by atoms with Crippen LogP contribution in [0.2, 0.25) is 0 Å². The van der Waals surface area contributed by atoms with E-state index in [-0.39, 0.29) is 11.8 Å². The SMILES string of the molecule is COc1ccc(NC(CC(=O)c2ccccc2)c2cccc(Br)c2)cc1. The molecule has 0 aliphatic heterocycles. The van der Waals surface area contributed by atoms with Crippen molar-refractivity contribution in [2.45, 2.75) is 12.5 Å². The molecule has 0 radical (unpaired) electrons. The summed E-state index contributed by atoms with van der Waals surface area (Å²) >= 11 is 3.52. The van der Waals surface area contributed by atoms with Gasteiger partial charge in [0.05, 0.1) is 13.2 Å². The minimum Gasteiger partial charge on any atom is -0.497 e. The summed E-state index contributed by atoms with van der Waals surface area (Å²) in [5, 5.41) is 3.48. The summed E-state index contributed by atoms with van der Waals surface area (Å²) in [5.41, 5.74) is 2.72. The Bertz CT molecular complexity index is 863. The van der Waals surface area contributed by atoms with Crippen LogP contribution in [0.5, 0.6) is 5.75 Å². The van der Waals surface area contributed by atoms with Gasteiger partial charge < -0.3 is 10.1 Å². The number of hydrogen-bond acceptors (Lipinski definition) is 3. The third kappa shape index (κ3) is 4.73. The molecule has 0 aromatic heterocycles. The number of benzene rings is 3. The van der Waals surface area contributed by atoms with Crippen molar-refractivity contribution < 1.29 is 9.53 Å². The molecule has 0 fully saturated rings. The molecule has 0 heterocycles. The molecule has 1 atom stereocenters. The molecule has 0 spiro atoms. The first kappa shape index (κ1) is 18.2. The van der Waals surface area contributed by atoms with Crippen molar-refractivity contribution in [2.24, 2.45) is 0 Å². The Morgan fingerprint density at radius 3 is 2.38 bits per heavy atom. The van der Waals surface area contributed by atoms with Crippen molar-refractivity contribution in [3.05, 3.63) is 94.5 Å². The zero-order chi connectivity index (χ0) is 18.4. The van der Waals surface area contributed by atoms with Crippen LogP contribution in [0.4, 0.5) is 5.69 Å². The highest BCUT2D eigenvalue weighted by Crippen LogP contribution is 2.27. The van der Waals surface area contributed by atoms with Crippen LogP contribution in [0.25, 0.3) is 0 Å². The predicted octanol–water partition coefficient (Wildman–Crippen LogP) is 5.88. The predicted molar refractivity (Wildman–Crippen MR) is 109 cm³/mol. The largest absolute Gasteiger partial charge is 0.497 e. The first-order chi connectivity index (χ1) is 12.7. The van der Waals surface area contributed by atoms with Gasteiger partial charge in [0.2, 0.25) is 0 Å². The number of anilines is 1. The van der Waals surface area contributed by atoms with E-state index in [1.165, 1.54) is 0 Å². The maximum Gasteiger partial charge on any atom is 0.165 e. The van der Waals surface area contributed by atoms with Crippen LogP contribution >= 0.6 is 15.9 Å². The molecule has 26 heavy (non-hydrogen) atoms. The number of Topliss-reactive ketones (excluding diaryl/α,β-unsaturated/α-hetero) is 1. The lowest BCUT2D eigenvalue weighted by molar-refractivity contribution is 0.0976. The summed E-state index contributed by atoms with van der Waals surface area (Å²) in [5.74, 6) is 0.909. The fraction of sp³-hybridized carbons (Fsp3) is 0.136. The van der Waals surface area contributed by atoms with Gasteiger partial charge in [0.25, 0.3) is 0 Å². The molecule has 0 aliphatic carbocycles. The zero-order valence-electron chi connectivity index (χ0n) is 14.5. The third-order valence-corrected chi connectivity index (χ3v) is 4.66. The van der Waals surface area contributed by atoms with Crippen LogP contribution < -0.4 is 10.1 Å². The topological polar surface area (TPSA) is 38.3 Å². The van der Waals surface area contributed by atoms with Gasteiger partial charge in [-0.15, -0.1) is 0 Å². The number of hydrogen-bond donors (Lipinski definition) is 1. The van der Waals surface area contributed by atoms with Crippen LogP contribution in [0, 0.1) is 0 Å². The first-order valence-electron chi connectivity index (χ1n) is 8.40. The summed E-state index contributed by atoms with van der Waals surface area (Å²) in [6.45, 7) is 0. The van der Waals surface area contributed by atoms with E-state index < -0.39 is 0 Å². The van der Waals surface area contributed by atoms with Crippen molar-refractivity contribution in [3.8, 4) is 5.75 Å². The monoisotopic (exact) mass is 409 g/mol. The molecule has 0 saturated carbocycles. The molecular weight excluding hydrogens is 390 g/mol. The van der Waals surface area contributed by atoms with E-state index in [1.807, 2.05) is 78.9 Å². The van der Waals surface area contributed by atoms with E-state index in [2.05, 4.69) is 21.2 Å². The Morgan fingerprint density at radius 1 is 1.00 bits per heavy atom. The molecule has 0 aliphatic rings. The summed E-state index contributed by atoms with van der Waals surface area (Å²) in [6, 6.07) is 25.0. The highest BCUT2D eigenvalue weighted by molar-refractivity contribution is 9.10. The second-order valence-corrected chi connectivity index (χ2v) is 6.89. The molecule has 4 heteroatoms. The van der Waals surface area contributed by atoms with Gasteiger partial charge in [-0.05, 0) is 42.0 Å². The summed E-state index contributed by atoms with van der Waals surface area (Å²) in [7, 11) is 1.64. The van der Waals surface area contributed by atoms with Gasteiger partial charge in [0, 0.05) is 22.1 Å². The Hall–Kier alpha value is -2.59. The van der Waals surface area contributed by atoms with E-state index in [0.29, 0.717) is 6.42 Å². The molecule has 0 saturated heterocycles. The van der Waals surface area contributed by atoms with Gasteiger partial charge in [-0.25, -0.2) is 0 Å². The quantitative estimate of drug-likeness (QED) is 0.494. The Kier molecular flexibility index (Phi) is 6.08.